The van der Waals surface area contributed by atoms with Gasteiger partial charge in [-0.3, -0.25) is 13.9 Å². The third-order valence-electron chi connectivity index (χ3n) is 5.20. The van der Waals surface area contributed by atoms with Crippen LogP contribution in [0.25, 0.3) is 22.3 Å². The van der Waals surface area contributed by atoms with Crippen LogP contribution in [0.1, 0.15) is 36.1 Å². The van der Waals surface area contributed by atoms with E-state index < -0.39 is 20.0 Å². The molecule has 2 aromatic heterocycles. The molecule has 1 aliphatic rings. The van der Waals surface area contributed by atoms with Gasteiger partial charge in [0.15, 0.2) is 0 Å². The summed E-state index contributed by atoms with van der Waals surface area (Å²) in [5.74, 6) is 0. The van der Waals surface area contributed by atoms with E-state index in [0.29, 0.717) is 29.8 Å². The number of nitrogens with zero attached hydrogens (tertiary/aromatic N) is 2. The summed E-state index contributed by atoms with van der Waals surface area (Å²) < 4.78 is 19.1. The summed E-state index contributed by atoms with van der Waals surface area (Å²) in [5, 5.41) is 1.03. The number of hydrogen-bond acceptors (Lipinski definition) is 5. The first-order chi connectivity index (χ1) is 13.3. The maximum Gasteiger partial charge on any atom is 0.342 e. The fraction of sp³-hybridized carbons (Fsp3) is 0.300. The Morgan fingerprint density at radius 3 is 2.82 bits per heavy atom. The summed E-state index contributed by atoms with van der Waals surface area (Å²) >= 11 is 0. The molecule has 8 heteroatoms. The Balaban J connectivity index is 1.88. The minimum atomic E-state index is -3.91. The van der Waals surface area contributed by atoms with Crippen LogP contribution in [0.3, 0.4) is 0 Å². The van der Waals surface area contributed by atoms with E-state index in [1.807, 2.05) is 37.3 Å². The first kappa shape index (κ1) is 19.0. The van der Waals surface area contributed by atoms with Crippen molar-refractivity contribution < 1.29 is 14.0 Å². The summed E-state index contributed by atoms with van der Waals surface area (Å²) in [7, 11) is -3.91. The summed E-state index contributed by atoms with van der Waals surface area (Å²) in [4.78, 5) is 27.6. The Morgan fingerprint density at radius 2 is 2.11 bits per heavy atom. The number of rotatable bonds is 5. The summed E-state index contributed by atoms with van der Waals surface area (Å²) in [6.45, 7) is 4.02. The zero-order chi connectivity index (χ0) is 20.1. The fourth-order valence-corrected chi connectivity index (χ4v) is 4.47. The van der Waals surface area contributed by atoms with Crippen LogP contribution in [0.4, 0.5) is 0 Å². The van der Waals surface area contributed by atoms with Crippen molar-refractivity contribution in [1.29, 1.82) is 0 Å². The number of para-hydroxylation sites is 1. The molecule has 146 valence electrons. The predicted octanol–water partition coefficient (Wildman–Crippen LogP) is 3.30. The van der Waals surface area contributed by atoms with Gasteiger partial charge in [-0.1, -0.05) is 25.1 Å². The molecule has 0 saturated carbocycles. The molecule has 0 saturated heterocycles. The van der Waals surface area contributed by atoms with E-state index in [4.69, 9.17) is 15.2 Å². The van der Waals surface area contributed by atoms with Gasteiger partial charge in [0, 0.05) is 16.5 Å². The average Bonchev–Trinajstić information content (AvgIpc) is 3.05. The molecule has 0 fully saturated rings. The number of fused-ring (bicyclic) bond motifs is 4. The third-order valence-corrected chi connectivity index (χ3v) is 6.24. The minimum absolute atomic E-state index is 0.142. The molecule has 3 N–H and O–H groups in total. The monoisotopic (exact) mass is 399 g/mol. The zero-order valence-electron chi connectivity index (χ0n) is 15.8. The van der Waals surface area contributed by atoms with Crippen molar-refractivity contribution >= 4 is 18.5 Å². The van der Waals surface area contributed by atoms with Crippen molar-refractivity contribution in [3.8, 4) is 11.4 Å². The van der Waals surface area contributed by atoms with Crippen LogP contribution in [0, 0.1) is 6.92 Å². The topological polar surface area (TPSA) is 107 Å². The second-order valence-electron chi connectivity index (χ2n) is 7.01. The molecule has 1 aliphatic heterocycles. The molecule has 2 unspecified atom stereocenters. The predicted molar refractivity (Wildman–Crippen MR) is 108 cm³/mol. The second kappa shape index (κ2) is 6.94. The second-order valence-corrected chi connectivity index (χ2v) is 8.86. The lowest BCUT2D eigenvalue weighted by Gasteiger charge is -2.22. The van der Waals surface area contributed by atoms with Crippen LogP contribution in [0.2, 0.25) is 0 Å². The molecule has 0 radical (unpaired) electrons. The van der Waals surface area contributed by atoms with Crippen molar-refractivity contribution in [1.82, 2.24) is 9.55 Å². The van der Waals surface area contributed by atoms with Crippen molar-refractivity contribution in [3.05, 3.63) is 63.4 Å². The Bertz CT molecular complexity index is 1190. The van der Waals surface area contributed by atoms with Crippen molar-refractivity contribution in [2.45, 2.75) is 32.9 Å². The third kappa shape index (κ3) is 3.10. The van der Waals surface area contributed by atoms with Crippen LogP contribution in [0.5, 0.6) is 0 Å². The van der Waals surface area contributed by atoms with Crippen LogP contribution in [0.15, 0.2) is 41.2 Å². The van der Waals surface area contributed by atoms with E-state index in [1.165, 1.54) is 0 Å². The molecular weight excluding hydrogens is 377 g/mol. The first-order valence-electron chi connectivity index (χ1n) is 9.18. The Hall–Kier alpha value is -2.31. The SMILES string of the molecule is CCC(OP(=O)(O)CN)c1cc2n(c(=O)c1C)Cc1cc3ccccc3nc1-2. The number of aromatic nitrogens is 2. The van der Waals surface area contributed by atoms with E-state index in [0.717, 1.165) is 22.2 Å². The highest BCUT2D eigenvalue weighted by Crippen LogP contribution is 2.46. The summed E-state index contributed by atoms with van der Waals surface area (Å²) in [6, 6.07) is 11.7. The Kier molecular flexibility index (Phi) is 4.71. The van der Waals surface area contributed by atoms with E-state index >= 15 is 0 Å². The summed E-state index contributed by atoms with van der Waals surface area (Å²) in [6.07, 6.45) is -0.725. The molecule has 3 heterocycles. The molecular formula is C20H22N3O4P. The van der Waals surface area contributed by atoms with Crippen LogP contribution in [-0.4, -0.2) is 20.7 Å². The molecule has 28 heavy (non-hydrogen) atoms. The van der Waals surface area contributed by atoms with Crippen LogP contribution < -0.4 is 11.3 Å². The van der Waals surface area contributed by atoms with Gasteiger partial charge in [-0.2, -0.15) is 0 Å². The number of hydrogen-bond donors (Lipinski definition) is 2. The van der Waals surface area contributed by atoms with Crippen LogP contribution >= 0.6 is 7.60 Å². The van der Waals surface area contributed by atoms with Gasteiger partial charge in [0.25, 0.3) is 5.56 Å². The average molecular weight is 399 g/mol. The van der Waals surface area contributed by atoms with E-state index in [2.05, 4.69) is 6.07 Å². The lowest BCUT2D eigenvalue weighted by Crippen LogP contribution is -2.24. The molecule has 1 aromatic carbocycles. The Morgan fingerprint density at radius 1 is 1.36 bits per heavy atom. The molecule has 2 atom stereocenters. The number of pyridine rings is 2. The smallest absolute Gasteiger partial charge is 0.323 e. The largest absolute Gasteiger partial charge is 0.342 e. The molecule has 3 aromatic rings. The highest BCUT2D eigenvalue weighted by molar-refractivity contribution is 7.52. The number of benzene rings is 1. The van der Waals surface area contributed by atoms with Crippen molar-refractivity contribution in [2.75, 3.05) is 6.29 Å². The van der Waals surface area contributed by atoms with Gasteiger partial charge in [0.2, 0.25) is 0 Å². The van der Waals surface area contributed by atoms with Gasteiger partial charge >= 0.3 is 7.60 Å². The fourth-order valence-electron chi connectivity index (χ4n) is 3.72. The molecule has 4 rings (SSSR count). The summed E-state index contributed by atoms with van der Waals surface area (Å²) in [5.41, 5.74) is 9.62. The highest BCUT2D eigenvalue weighted by atomic mass is 31.2. The van der Waals surface area contributed by atoms with Gasteiger partial charge < -0.3 is 15.2 Å². The van der Waals surface area contributed by atoms with Crippen LogP contribution in [-0.2, 0) is 15.6 Å². The van der Waals surface area contributed by atoms with Gasteiger partial charge in [-0.25, -0.2) is 4.98 Å². The van der Waals surface area contributed by atoms with E-state index in [9.17, 15) is 14.3 Å². The van der Waals surface area contributed by atoms with Gasteiger partial charge in [-0.05, 0) is 37.1 Å². The standard InChI is InChI=1S/C20H22N3O4P/c1-3-18(27-28(25,26)11-21)15-9-17-19-14(10-23(17)20(24)12(15)2)8-13-6-4-5-7-16(13)22-19/h4-9,18H,3,10-11,21H2,1-2H3,(H,25,26). The minimum Gasteiger partial charge on any atom is -0.323 e. The molecule has 0 bridgehead atoms. The van der Waals surface area contributed by atoms with E-state index in [1.54, 1.807) is 11.5 Å². The number of nitrogens with two attached hydrogens (primary N) is 1. The van der Waals surface area contributed by atoms with Crippen molar-refractivity contribution in [2.24, 2.45) is 5.73 Å². The highest BCUT2D eigenvalue weighted by Gasteiger charge is 2.29. The van der Waals surface area contributed by atoms with Gasteiger partial charge in [-0.15, -0.1) is 0 Å². The zero-order valence-corrected chi connectivity index (χ0v) is 16.6. The van der Waals surface area contributed by atoms with Crippen molar-refractivity contribution in [3.63, 3.8) is 0 Å². The molecule has 0 amide bonds. The normalized spacial score (nSPS) is 15.9. The molecule has 7 nitrogen and oxygen atoms in total. The quantitative estimate of drug-likeness (QED) is 0.499. The van der Waals surface area contributed by atoms with E-state index in [-0.39, 0.29) is 5.56 Å². The van der Waals surface area contributed by atoms with Gasteiger partial charge in [0.1, 0.15) is 0 Å². The Labute approximate surface area is 162 Å². The molecule has 0 spiro atoms. The molecule has 0 aliphatic carbocycles. The van der Waals surface area contributed by atoms with Gasteiger partial charge in [0.05, 0.1) is 35.8 Å². The maximum absolute atomic E-state index is 13.0. The maximum atomic E-state index is 13.0. The lowest BCUT2D eigenvalue weighted by atomic mass is 10.0. The first-order valence-corrected chi connectivity index (χ1v) is 10.9. The lowest BCUT2D eigenvalue weighted by molar-refractivity contribution is 0.171.